The van der Waals surface area contributed by atoms with E-state index in [-0.39, 0.29) is 29.6 Å². The Morgan fingerprint density at radius 2 is 2.08 bits per heavy atom. The van der Waals surface area contributed by atoms with Crippen molar-refractivity contribution in [2.75, 3.05) is 0 Å². The van der Waals surface area contributed by atoms with Crippen molar-refractivity contribution in [2.45, 2.75) is 11.8 Å². The van der Waals surface area contributed by atoms with E-state index in [9.17, 15) is 8.76 Å². The van der Waals surface area contributed by atoms with E-state index in [4.69, 9.17) is 0 Å². The van der Waals surface area contributed by atoms with Gasteiger partial charge in [0.05, 0.1) is 0 Å². The number of hydrogen-bond acceptors (Lipinski definition) is 2. The Hall–Kier alpha value is 1.06. The van der Waals surface area contributed by atoms with Gasteiger partial charge in [-0.3, -0.25) is 4.21 Å². The maximum atomic E-state index is 10.5. The zero-order valence-corrected chi connectivity index (χ0v) is 11.8. The minimum absolute atomic E-state index is 0. The predicted octanol–water partition coefficient (Wildman–Crippen LogP) is -1.16. The number of rotatable bonds is 1. The van der Waals surface area contributed by atoms with Crippen LogP contribution >= 0.6 is 22.6 Å². The summed E-state index contributed by atoms with van der Waals surface area (Å²) in [5.41, 5.74) is 1.10. The van der Waals surface area contributed by atoms with Gasteiger partial charge in [0.1, 0.15) is 0 Å². The second-order valence-electron chi connectivity index (χ2n) is 2.15. The van der Waals surface area contributed by atoms with Crippen molar-refractivity contribution in [3.05, 3.63) is 27.3 Å². The fourth-order valence-corrected chi connectivity index (χ4v) is 1.80. The summed E-state index contributed by atoms with van der Waals surface area (Å²) in [6, 6.07) is 5.05. The molecule has 1 atom stereocenters. The zero-order valence-electron chi connectivity index (χ0n) is 6.83. The van der Waals surface area contributed by atoms with E-state index in [1.54, 1.807) is 18.2 Å². The van der Waals surface area contributed by atoms with Crippen molar-refractivity contribution in [3.63, 3.8) is 0 Å². The van der Waals surface area contributed by atoms with Crippen molar-refractivity contribution in [2.24, 2.45) is 0 Å². The van der Waals surface area contributed by atoms with Crippen molar-refractivity contribution in [1.82, 2.24) is 0 Å². The predicted molar refractivity (Wildman–Crippen MR) is 51.1 cm³/mol. The van der Waals surface area contributed by atoms with E-state index in [0.717, 1.165) is 9.13 Å². The first-order valence-corrected chi connectivity index (χ1v) is 5.12. The van der Waals surface area contributed by atoms with Crippen LogP contribution in [0.3, 0.4) is 0 Å². The van der Waals surface area contributed by atoms with E-state index in [1.165, 1.54) is 0 Å². The molecule has 12 heavy (non-hydrogen) atoms. The van der Waals surface area contributed by atoms with Crippen molar-refractivity contribution >= 4 is 33.7 Å². The quantitative estimate of drug-likeness (QED) is 0.373. The van der Waals surface area contributed by atoms with Crippen LogP contribution in [0.5, 0.6) is 0 Å². The van der Waals surface area contributed by atoms with Gasteiger partial charge in [0.15, 0.2) is 0 Å². The molecule has 1 unspecified atom stereocenters. The maximum absolute atomic E-state index is 10.5. The maximum Gasteiger partial charge on any atom is 1.00 e. The van der Waals surface area contributed by atoms with Crippen molar-refractivity contribution in [3.8, 4) is 0 Å². The Balaban J connectivity index is 0.00000121. The molecule has 0 N–H and O–H groups in total. The van der Waals surface area contributed by atoms with Crippen LogP contribution in [-0.2, 0) is 11.1 Å². The average molecular weight is 304 g/mol. The molecule has 0 spiro atoms. The molecule has 0 amide bonds. The van der Waals surface area contributed by atoms with Gasteiger partial charge >= 0.3 is 29.6 Å². The van der Waals surface area contributed by atoms with Crippen LogP contribution in [0.25, 0.3) is 0 Å². The van der Waals surface area contributed by atoms with Crippen LogP contribution in [0, 0.1) is 10.5 Å². The topological polar surface area (TPSA) is 40.1 Å². The summed E-state index contributed by atoms with van der Waals surface area (Å²) in [5.74, 6) is 0. The third kappa shape index (κ3) is 3.43. The van der Waals surface area contributed by atoms with Gasteiger partial charge < -0.3 is 4.55 Å². The van der Waals surface area contributed by atoms with E-state index >= 15 is 0 Å². The molecule has 0 radical (unpaired) electrons. The molecule has 5 heteroatoms. The molecule has 0 heterocycles. The Morgan fingerprint density at radius 3 is 2.50 bits per heavy atom. The van der Waals surface area contributed by atoms with Gasteiger partial charge in [0.25, 0.3) is 0 Å². The molecular weight excluding hydrogens is 298 g/mol. The van der Waals surface area contributed by atoms with E-state index < -0.39 is 11.1 Å². The monoisotopic (exact) mass is 304 g/mol. The average Bonchev–Trinajstić information content (AvgIpc) is 1.94. The zero-order chi connectivity index (χ0) is 8.43. The molecule has 0 fully saturated rings. The third-order valence-electron chi connectivity index (χ3n) is 1.34. The standard InChI is InChI=1S/C7H7IO2S.Na/c1-5-2-3-6(11(9)10)4-7(5)8;/h2-4H,1H3,(H,9,10);/q;+1/p-1. The molecule has 2 nitrogen and oxygen atoms in total. The van der Waals surface area contributed by atoms with E-state index in [1.807, 2.05) is 6.92 Å². The number of benzene rings is 1. The first-order chi connectivity index (χ1) is 5.11. The van der Waals surface area contributed by atoms with Crippen LogP contribution in [0.1, 0.15) is 5.56 Å². The molecular formula is C7H6INaO2S. The van der Waals surface area contributed by atoms with Crippen molar-refractivity contribution in [1.29, 1.82) is 0 Å². The summed E-state index contributed by atoms with van der Waals surface area (Å²) in [5, 5.41) is 0. The smallest absolute Gasteiger partial charge is 0.768 e. The Labute approximate surface area is 110 Å². The second kappa shape index (κ2) is 5.72. The summed E-state index contributed by atoms with van der Waals surface area (Å²) < 4.78 is 21.9. The number of hydrogen-bond donors (Lipinski definition) is 0. The largest absolute Gasteiger partial charge is 1.00 e. The van der Waals surface area contributed by atoms with Crippen LogP contribution in [0.15, 0.2) is 23.1 Å². The van der Waals surface area contributed by atoms with Crippen LogP contribution in [0.4, 0.5) is 0 Å². The van der Waals surface area contributed by atoms with Crippen LogP contribution in [0.2, 0.25) is 0 Å². The SMILES string of the molecule is Cc1ccc(S(=O)[O-])cc1I.[Na+]. The summed E-state index contributed by atoms with van der Waals surface area (Å²) in [4.78, 5) is 0.347. The molecule has 1 aromatic rings. The first kappa shape index (κ1) is 13.1. The van der Waals surface area contributed by atoms with Gasteiger partial charge in [-0.25, -0.2) is 0 Å². The summed E-state index contributed by atoms with van der Waals surface area (Å²) in [7, 11) is 0. The molecule has 0 aliphatic carbocycles. The summed E-state index contributed by atoms with van der Waals surface area (Å²) >= 11 is 0.00767. The second-order valence-corrected chi connectivity index (χ2v) is 4.25. The Bertz CT molecular complexity index is 303. The van der Waals surface area contributed by atoms with E-state index in [0.29, 0.717) is 4.90 Å². The van der Waals surface area contributed by atoms with Crippen LogP contribution in [-0.4, -0.2) is 8.76 Å². The third-order valence-corrected chi connectivity index (χ3v) is 3.14. The fraction of sp³-hybridized carbons (Fsp3) is 0.143. The molecule has 0 aliphatic heterocycles. The minimum Gasteiger partial charge on any atom is -0.768 e. The fourth-order valence-electron chi connectivity index (χ4n) is 0.677. The van der Waals surface area contributed by atoms with Gasteiger partial charge in [-0.05, 0) is 58.3 Å². The van der Waals surface area contributed by atoms with Gasteiger partial charge in [0, 0.05) is 8.47 Å². The molecule has 0 saturated heterocycles. The van der Waals surface area contributed by atoms with Gasteiger partial charge in [-0.2, -0.15) is 0 Å². The van der Waals surface area contributed by atoms with E-state index in [2.05, 4.69) is 22.6 Å². The number of halogens is 1. The molecule has 0 aromatic heterocycles. The molecule has 0 aliphatic rings. The molecule has 1 aromatic carbocycles. The molecule has 1 rings (SSSR count). The Morgan fingerprint density at radius 1 is 1.50 bits per heavy atom. The molecule has 60 valence electrons. The van der Waals surface area contributed by atoms with Gasteiger partial charge in [-0.1, -0.05) is 6.07 Å². The Kier molecular flexibility index (Phi) is 6.22. The molecule has 0 bridgehead atoms. The summed E-state index contributed by atoms with van der Waals surface area (Å²) in [6.07, 6.45) is 0. The minimum atomic E-state index is -2.10. The van der Waals surface area contributed by atoms with Crippen molar-refractivity contribution < 1.29 is 38.3 Å². The normalized spacial score (nSPS) is 11.9. The van der Waals surface area contributed by atoms with Gasteiger partial charge in [0.2, 0.25) is 0 Å². The number of aryl methyl sites for hydroxylation is 1. The first-order valence-electron chi connectivity index (χ1n) is 2.96. The van der Waals surface area contributed by atoms with Gasteiger partial charge in [-0.15, -0.1) is 0 Å². The summed E-state index contributed by atoms with van der Waals surface area (Å²) in [6.45, 7) is 1.94. The van der Waals surface area contributed by atoms with Crippen LogP contribution < -0.4 is 29.6 Å². The molecule has 0 saturated carbocycles.